The molecule has 0 aromatic heterocycles. The highest BCUT2D eigenvalue weighted by Gasteiger charge is 2.43. The topological polar surface area (TPSA) is 59.1 Å². The van der Waals surface area contributed by atoms with E-state index in [0.29, 0.717) is 39.3 Å². The molecular weight excluding hydrogens is 320 g/mol. The van der Waals surface area contributed by atoms with E-state index in [1.165, 1.54) is 0 Å². The monoisotopic (exact) mass is 344 g/mol. The molecule has 1 spiro atoms. The summed E-state index contributed by atoms with van der Waals surface area (Å²) in [5.74, 6) is 0.716. The van der Waals surface area contributed by atoms with Crippen molar-refractivity contribution in [3.05, 3.63) is 29.8 Å². The van der Waals surface area contributed by atoms with E-state index in [9.17, 15) is 9.59 Å². The van der Waals surface area contributed by atoms with Crippen molar-refractivity contribution in [3.63, 3.8) is 0 Å². The number of amides is 2. The highest BCUT2D eigenvalue weighted by molar-refractivity contribution is 5.89. The third-order valence-electron chi connectivity index (χ3n) is 5.55. The van der Waals surface area contributed by atoms with E-state index in [2.05, 4.69) is 0 Å². The lowest BCUT2D eigenvalue weighted by molar-refractivity contribution is -0.140. The average molecular weight is 344 g/mol. The lowest BCUT2D eigenvalue weighted by Crippen LogP contribution is -2.52. The van der Waals surface area contributed by atoms with E-state index < -0.39 is 5.60 Å². The number of para-hydroxylation sites is 1. The molecule has 1 aromatic rings. The van der Waals surface area contributed by atoms with Gasteiger partial charge >= 0.3 is 0 Å². The minimum absolute atomic E-state index is 0.0469. The Morgan fingerprint density at radius 1 is 1.24 bits per heavy atom. The number of nitrogens with zero attached hydrogens (tertiary/aromatic N) is 2. The number of hydrogen-bond acceptors (Lipinski definition) is 4. The number of hydrogen-bond donors (Lipinski definition) is 0. The van der Waals surface area contributed by atoms with Gasteiger partial charge in [0.15, 0.2) is 0 Å². The number of ether oxygens (including phenoxy) is 2. The molecule has 0 bridgehead atoms. The van der Waals surface area contributed by atoms with Crippen molar-refractivity contribution in [3.8, 4) is 5.75 Å². The molecule has 3 aliphatic heterocycles. The number of fused-ring (bicyclic) bond motifs is 1. The summed E-state index contributed by atoms with van der Waals surface area (Å²) < 4.78 is 11.9. The Morgan fingerprint density at radius 2 is 2.00 bits per heavy atom. The van der Waals surface area contributed by atoms with Crippen LogP contribution in [0, 0.1) is 5.92 Å². The predicted octanol–water partition coefficient (Wildman–Crippen LogP) is 1.44. The zero-order valence-corrected chi connectivity index (χ0v) is 14.6. The van der Waals surface area contributed by atoms with Crippen LogP contribution in [-0.4, -0.2) is 60.6 Å². The van der Waals surface area contributed by atoms with Gasteiger partial charge in [0.05, 0.1) is 25.7 Å². The van der Waals surface area contributed by atoms with Crippen LogP contribution in [0.2, 0.25) is 0 Å². The predicted molar refractivity (Wildman–Crippen MR) is 91.0 cm³/mol. The minimum atomic E-state index is -0.394. The molecule has 1 aromatic carbocycles. The van der Waals surface area contributed by atoms with E-state index in [-0.39, 0.29) is 17.7 Å². The van der Waals surface area contributed by atoms with Crippen LogP contribution in [0.15, 0.2) is 24.3 Å². The van der Waals surface area contributed by atoms with Crippen LogP contribution in [-0.2, 0) is 20.9 Å². The van der Waals surface area contributed by atoms with Crippen LogP contribution >= 0.6 is 0 Å². The first-order chi connectivity index (χ1) is 12.1. The van der Waals surface area contributed by atoms with Gasteiger partial charge in [0.2, 0.25) is 11.8 Å². The number of carbonyl (C=O) groups excluding carboxylic acids is 2. The molecule has 0 saturated carbocycles. The lowest BCUT2D eigenvalue weighted by atomic mass is 9.92. The normalized spacial score (nSPS) is 25.5. The first-order valence-corrected chi connectivity index (χ1v) is 8.94. The summed E-state index contributed by atoms with van der Waals surface area (Å²) in [5, 5.41) is 0. The summed E-state index contributed by atoms with van der Waals surface area (Å²) in [4.78, 5) is 28.5. The van der Waals surface area contributed by atoms with Crippen molar-refractivity contribution in [1.82, 2.24) is 9.80 Å². The molecule has 6 heteroatoms. The molecule has 1 atom stereocenters. The van der Waals surface area contributed by atoms with Gasteiger partial charge in [-0.05, 0) is 6.07 Å². The second-order valence-electron chi connectivity index (χ2n) is 7.37. The van der Waals surface area contributed by atoms with Crippen LogP contribution in [0.3, 0.4) is 0 Å². The molecule has 0 unspecified atom stereocenters. The summed E-state index contributed by atoms with van der Waals surface area (Å²) >= 11 is 0. The highest BCUT2D eigenvalue weighted by Crippen LogP contribution is 2.36. The third kappa shape index (κ3) is 3.11. The highest BCUT2D eigenvalue weighted by atomic mass is 16.5. The molecule has 3 aliphatic rings. The fraction of sp³-hybridized carbons (Fsp3) is 0.579. The number of carbonyl (C=O) groups is 2. The summed E-state index contributed by atoms with van der Waals surface area (Å²) in [6.07, 6.45) is 1.85. The van der Waals surface area contributed by atoms with Gasteiger partial charge < -0.3 is 19.3 Å². The van der Waals surface area contributed by atoms with E-state index in [4.69, 9.17) is 9.47 Å². The molecule has 25 heavy (non-hydrogen) atoms. The quantitative estimate of drug-likeness (QED) is 0.773. The van der Waals surface area contributed by atoms with Crippen LogP contribution in [0.1, 0.15) is 24.8 Å². The maximum atomic E-state index is 13.1. The zero-order chi connectivity index (χ0) is 17.4. The van der Waals surface area contributed by atoms with E-state index in [1.54, 1.807) is 11.9 Å². The first-order valence-electron chi connectivity index (χ1n) is 8.94. The van der Waals surface area contributed by atoms with Crippen molar-refractivity contribution >= 4 is 11.8 Å². The Morgan fingerprint density at radius 3 is 2.72 bits per heavy atom. The average Bonchev–Trinajstić information content (AvgIpc) is 2.86. The third-order valence-corrected chi connectivity index (χ3v) is 5.55. The Kier molecular flexibility index (Phi) is 4.15. The molecule has 2 amide bonds. The molecule has 4 rings (SSSR count). The van der Waals surface area contributed by atoms with Crippen LogP contribution in [0.4, 0.5) is 0 Å². The van der Waals surface area contributed by atoms with E-state index >= 15 is 0 Å². The summed E-state index contributed by atoms with van der Waals surface area (Å²) in [6, 6.07) is 7.93. The number of likely N-dealkylation sites (tertiary alicyclic amines) is 1. The fourth-order valence-corrected chi connectivity index (χ4v) is 4.06. The Labute approximate surface area is 147 Å². The van der Waals surface area contributed by atoms with Crippen molar-refractivity contribution in [2.24, 2.45) is 5.92 Å². The molecule has 6 nitrogen and oxygen atoms in total. The Balaban J connectivity index is 1.63. The van der Waals surface area contributed by atoms with Gasteiger partial charge in [-0.2, -0.15) is 0 Å². The molecule has 0 N–H and O–H groups in total. The van der Waals surface area contributed by atoms with Crippen molar-refractivity contribution in [2.45, 2.75) is 31.4 Å². The second-order valence-corrected chi connectivity index (χ2v) is 7.37. The van der Waals surface area contributed by atoms with Crippen molar-refractivity contribution < 1.29 is 19.1 Å². The molecule has 134 valence electrons. The van der Waals surface area contributed by atoms with Gasteiger partial charge in [0, 0.05) is 45.0 Å². The van der Waals surface area contributed by atoms with Crippen molar-refractivity contribution in [1.29, 1.82) is 0 Å². The maximum absolute atomic E-state index is 13.1. The summed E-state index contributed by atoms with van der Waals surface area (Å²) in [6.45, 7) is 2.89. The van der Waals surface area contributed by atoms with Gasteiger partial charge in [0.25, 0.3) is 0 Å². The molecular formula is C19H24N2O4. The van der Waals surface area contributed by atoms with Gasteiger partial charge in [-0.1, -0.05) is 18.2 Å². The van der Waals surface area contributed by atoms with Gasteiger partial charge in [-0.25, -0.2) is 0 Å². The number of benzene rings is 1. The van der Waals surface area contributed by atoms with E-state index in [0.717, 1.165) is 24.2 Å². The molecule has 0 aliphatic carbocycles. The Bertz CT molecular complexity index is 684. The smallest absolute Gasteiger partial charge is 0.228 e. The number of rotatable bonds is 1. The summed E-state index contributed by atoms with van der Waals surface area (Å²) in [5.41, 5.74) is 0.631. The minimum Gasteiger partial charge on any atom is -0.485 e. The van der Waals surface area contributed by atoms with Crippen molar-refractivity contribution in [2.75, 3.05) is 33.4 Å². The zero-order valence-electron chi connectivity index (χ0n) is 14.6. The molecule has 3 heterocycles. The molecule has 2 saturated heterocycles. The lowest BCUT2D eigenvalue weighted by Gasteiger charge is -2.39. The Hall–Kier alpha value is -2.08. The summed E-state index contributed by atoms with van der Waals surface area (Å²) in [7, 11) is 1.76. The standard InChI is InChI=1S/C19H24N2O4/c1-20-11-15(10-17(20)22)18(23)21-12-14-4-2-3-5-16(14)25-19(13-21)6-8-24-9-7-19/h2-5,15H,6-13H2,1H3/t15-/m0/s1. The van der Waals surface area contributed by atoms with Crippen LogP contribution in [0.25, 0.3) is 0 Å². The fourth-order valence-electron chi connectivity index (χ4n) is 4.06. The second kappa shape index (κ2) is 6.33. The van der Waals surface area contributed by atoms with E-state index in [1.807, 2.05) is 29.2 Å². The SMILES string of the molecule is CN1C[C@@H](C(=O)N2Cc3ccccc3OC3(CCOCC3)C2)CC1=O. The largest absolute Gasteiger partial charge is 0.485 e. The first kappa shape index (κ1) is 16.4. The molecule has 0 radical (unpaired) electrons. The maximum Gasteiger partial charge on any atom is 0.228 e. The van der Waals surface area contributed by atoms with Gasteiger partial charge in [-0.3, -0.25) is 9.59 Å². The van der Waals surface area contributed by atoms with Gasteiger partial charge in [-0.15, -0.1) is 0 Å². The molecule has 2 fully saturated rings. The van der Waals surface area contributed by atoms with Crippen LogP contribution < -0.4 is 4.74 Å². The van der Waals surface area contributed by atoms with Crippen LogP contribution in [0.5, 0.6) is 5.75 Å². The van der Waals surface area contributed by atoms with Gasteiger partial charge in [0.1, 0.15) is 11.4 Å².